The fraction of sp³-hybridized carbons (Fsp3) is 0.222. The highest BCUT2D eigenvalue weighted by Crippen LogP contribution is 2.27. The minimum absolute atomic E-state index is 0.0499. The van der Waals surface area contributed by atoms with Gasteiger partial charge >= 0.3 is 6.61 Å². The van der Waals surface area contributed by atoms with Crippen molar-refractivity contribution in [1.29, 1.82) is 0 Å². The third-order valence-corrected chi connectivity index (χ3v) is 1.83. The Morgan fingerprint density at radius 3 is 2.80 bits per heavy atom. The third-order valence-electron chi connectivity index (χ3n) is 1.54. The normalized spacial score (nSPS) is 9.87. The number of rotatable bonds is 4. The summed E-state index contributed by atoms with van der Waals surface area (Å²) in [6.07, 6.45) is 1.36. The van der Waals surface area contributed by atoms with Crippen LogP contribution in [-0.2, 0) is 11.3 Å². The van der Waals surface area contributed by atoms with Gasteiger partial charge in [0, 0.05) is 0 Å². The molecule has 1 aromatic rings. The first-order chi connectivity index (χ1) is 7.13. The maximum atomic E-state index is 11.9. The molecular weight excluding hydrogens is 228 g/mol. The van der Waals surface area contributed by atoms with E-state index in [1.165, 1.54) is 24.3 Å². The van der Waals surface area contributed by atoms with Crippen molar-refractivity contribution in [3.8, 4) is 5.75 Å². The van der Waals surface area contributed by atoms with Crippen LogP contribution in [0.15, 0.2) is 23.2 Å². The number of hydrogen-bond donors (Lipinski definition) is 0. The van der Waals surface area contributed by atoms with Crippen molar-refractivity contribution in [1.82, 2.24) is 0 Å². The van der Waals surface area contributed by atoms with Crippen molar-refractivity contribution in [3.05, 3.63) is 28.8 Å². The molecule has 0 bridgehead atoms. The smallest absolute Gasteiger partial charge is 0.387 e. The van der Waals surface area contributed by atoms with Gasteiger partial charge in [0.15, 0.2) is 0 Å². The molecule has 0 aliphatic rings. The molecule has 0 unspecified atom stereocenters. The van der Waals surface area contributed by atoms with Gasteiger partial charge in [-0.05, 0) is 17.7 Å². The van der Waals surface area contributed by atoms with Crippen molar-refractivity contribution in [2.75, 3.05) is 0 Å². The minimum Gasteiger partial charge on any atom is -0.433 e. The zero-order chi connectivity index (χ0) is 11.3. The summed E-state index contributed by atoms with van der Waals surface area (Å²) in [7, 11) is 0. The van der Waals surface area contributed by atoms with E-state index in [4.69, 9.17) is 11.6 Å². The van der Waals surface area contributed by atoms with Gasteiger partial charge < -0.3 is 4.74 Å². The molecule has 1 rings (SSSR count). The second kappa shape index (κ2) is 5.44. The van der Waals surface area contributed by atoms with E-state index in [0.29, 0.717) is 5.56 Å². The molecule has 80 valence electrons. The number of carbonyl (C=O) groups excluding carboxylic acids is 1. The molecule has 0 spiro atoms. The van der Waals surface area contributed by atoms with Crippen LogP contribution < -0.4 is 4.74 Å². The lowest BCUT2D eigenvalue weighted by Gasteiger charge is -2.06. The molecule has 0 aliphatic heterocycles. The van der Waals surface area contributed by atoms with Crippen LogP contribution in [0.3, 0.4) is 0 Å². The average Bonchev–Trinajstić information content (AvgIpc) is 2.18. The van der Waals surface area contributed by atoms with Crippen LogP contribution >= 0.6 is 11.6 Å². The zero-order valence-electron chi connectivity index (χ0n) is 7.41. The average molecular weight is 234 g/mol. The molecule has 3 nitrogen and oxygen atoms in total. The third kappa shape index (κ3) is 3.65. The summed E-state index contributed by atoms with van der Waals surface area (Å²) in [4.78, 5) is 13.1. The van der Waals surface area contributed by atoms with Crippen LogP contribution in [0.2, 0.25) is 5.02 Å². The summed E-state index contributed by atoms with van der Waals surface area (Å²) in [5, 5.41) is 0.0499. The molecule has 0 fully saturated rings. The Morgan fingerprint density at radius 1 is 1.53 bits per heavy atom. The van der Waals surface area contributed by atoms with E-state index in [-0.39, 0.29) is 17.3 Å². The first-order valence-electron chi connectivity index (χ1n) is 3.90. The topological polar surface area (TPSA) is 38.7 Å². The van der Waals surface area contributed by atoms with E-state index in [1.54, 1.807) is 0 Å². The molecule has 15 heavy (non-hydrogen) atoms. The van der Waals surface area contributed by atoms with Crippen molar-refractivity contribution >= 4 is 17.7 Å². The highest BCUT2D eigenvalue weighted by atomic mass is 35.5. The first kappa shape index (κ1) is 11.6. The van der Waals surface area contributed by atoms with Crippen molar-refractivity contribution in [2.24, 2.45) is 4.99 Å². The Labute approximate surface area is 89.3 Å². The van der Waals surface area contributed by atoms with Gasteiger partial charge in [-0.25, -0.2) is 9.79 Å². The van der Waals surface area contributed by atoms with E-state index in [2.05, 4.69) is 9.73 Å². The number of hydrogen-bond acceptors (Lipinski definition) is 3. The van der Waals surface area contributed by atoms with Gasteiger partial charge in [-0.3, -0.25) is 0 Å². The Hall–Kier alpha value is -1.45. The highest BCUT2D eigenvalue weighted by molar-refractivity contribution is 6.32. The summed E-state index contributed by atoms with van der Waals surface area (Å²) in [5.41, 5.74) is 0.616. The standard InChI is InChI=1S/C9H6ClF2NO2/c10-7-3-6(4-13-5-14)1-2-8(7)15-9(11)12/h1-3,9H,4H2. The number of benzene rings is 1. The molecule has 0 saturated carbocycles. The van der Waals surface area contributed by atoms with Crippen molar-refractivity contribution in [2.45, 2.75) is 13.2 Å². The molecular formula is C9H6ClF2NO2. The van der Waals surface area contributed by atoms with Crippen LogP contribution in [0.25, 0.3) is 0 Å². The monoisotopic (exact) mass is 233 g/mol. The zero-order valence-corrected chi connectivity index (χ0v) is 8.17. The van der Waals surface area contributed by atoms with Gasteiger partial charge in [-0.1, -0.05) is 17.7 Å². The lowest BCUT2D eigenvalue weighted by Crippen LogP contribution is -2.02. The van der Waals surface area contributed by atoms with E-state index < -0.39 is 6.61 Å². The fourth-order valence-corrected chi connectivity index (χ4v) is 1.21. The maximum absolute atomic E-state index is 11.9. The molecule has 0 aromatic heterocycles. The molecule has 0 radical (unpaired) electrons. The van der Waals surface area contributed by atoms with E-state index >= 15 is 0 Å². The molecule has 0 atom stereocenters. The van der Waals surface area contributed by atoms with Gasteiger partial charge in [0.2, 0.25) is 6.08 Å². The van der Waals surface area contributed by atoms with Crippen LogP contribution in [0.4, 0.5) is 8.78 Å². The van der Waals surface area contributed by atoms with Crippen molar-refractivity contribution < 1.29 is 18.3 Å². The lowest BCUT2D eigenvalue weighted by molar-refractivity contribution is -0.0497. The number of halogens is 3. The van der Waals surface area contributed by atoms with Gasteiger partial charge in [-0.15, -0.1) is 0 Å². The first-order valence-corrected chi connectivity index (χ1v) is 4.28. The van der Waals surface area contributed by atoms with Crippen LogP contribution in [0.1, 0.15) is 5.56 Å². The second-order valence-corrected chi connectivity index (χ2v) is 2.96. The fourth-order valence-electron chi connectivity index (χ4n) is 0.958. The number of aliphatic imine (C=N–C) groups is 1. The molecule has 0 N–H and O–H groups in total. The molecule has 1 aromatic carbocycles. The van der Waals surface area contributed by atoms with Crippen LogP contribution in [0.5, 0.6) is 5.75 Å². The number of ether oxygens (including phenoxy) is 1. The number of alkyl halides is 2. The largest absolute Gasteiger partial charge is 0.433 e. The Balaban J connectivity index is 2.82. The van der Waals surface area contributed by atoms with Crippen LogP contribution in [0, 0.1) is 0 Å². The maximum Gasteiger partial charge on any atom is 0.387 e. The van der Waals surface area contributed by atoms with Gasteiger partial charge in [-0.2, -0.15) is 8.78 Å². The second-order valence-electron chi connectivity index (χ2n) is 2.55. The van der Waals surface area contributed by atoms with Crippen LogP contribution in [-0.4, -0.2) is 12.7 Å². The lowest BCUT2D eigenvalue weighted by atomic mass is 10.2. The van der Waals surface area contributed by atoms with Crippen molar-refractivity contribution in [3.63, 3.8) is 0 Å². The predicted molar refractivity (Wildman–Crippen MR) is 49.9 cm³/mol. The summed E-state index contributed by atoms with van der Waals surface area (Å²) >= 11 is 5.65. The van der Waals surface area contributed by atoms with Gasteiger partial charge in [0.25, 0.3) is 0 Å². The Morgan fingerprint density at radius 2 is 2.27 bits per heavy atom. The molecule has 0 amide bonds. The number of isocyanates is 1. The van der Waals surface area contributed by atoms with Gasteiger partial charge in [0.1, 0.15) is 5.75 Å². The summed E-state index contributed by atoms with van der Waals surface area (Å²) in [5.74, 6) is -0.106. The number of nitrogens with zero attached hydrogens (tertiary/aromatic N) is 1. The SMILES string of the molecule is O=C=NCc1ccc(OC(F)F)c(Cl)c1. The summed E-state index contributed by atoms with van der Waals surface area (Å²) in [6, 6.07) is 4.19. The van der Waals surface area contributed by atoms with E-state index in [9.17, 15) is 13.6 Å². The molecule has 6 heteroatoms. The Bertz CT molecular complexity index is 392. The highest BCUT2D eigenvalue weighted by Gasteiger charge is 2.08. The molecule has 0 heterocycles. The summed E-state index contributed by atoms with van der Waals surface area (Å²) < 4.78 is 27.8. The molecule has 0 aliphatic carbocycles. The minimum atomic E-state index is -2.92. The van der Waals surface area contributed by atoms with Gasteiger partial charge in [0.05, 0.1) is 11.6 Å². The van der Waals surface area contributed by atoms with E-state index in [0.717, 1.165) is 0 Å². The predicted octanol–water partition coefficient (Wildman–Crippen LogP) is 2.78. The van der Waals surface area contributed by atoms with E-state index in [1.807, 2.05) is 0 Å². The quantitative estimate of drug-likeness (QED) is 0.593. The molecule has 0 saturated heterocycles. The summed E-state index contributed by atoms with van der Waals surface area (Å²) in [6.45, 7) is -2.81. The Kier molecular flexibility index (Phi) is 4.21.